The van der Waals surface area contributed by atoms with Gasteiger partial charge in [-0.1, -0.05) is 83.7 Å². The summed E-state index contributed by atoms with van der Waals surface area (Å²) in [5, 5.41) is 26.3. The van der Waals surface area contributed by atoms with Gasteiger partial charge in [0.25, 0.3) is 0 Å². The minimum Gasteiger partial charge on any atom is -0.594 e. The fourth-order valence-electron chi connectivity index (χ4n) is 4.34. The van der Waals surface area contributed by atoms with Crippen molar-refractivity contribution < 1.29 is 4.86 Å². The molecule has 0 saturated heterocycles. The molecular weight excluding hydrogens is 380 g/mol. The van der Waals surface area contributed by atoms with Crippen LogP contribution in [0.3, 0.4) is 0 Å². The maximum Gasteiger partial charge on any atom is 0.245 e. The summed E-state index contributed by atoms with van der Waals surface area (Å²) in [6, 6.07) is 36.5. The quantitative estimate of drug-likeness (QED) is 0.125. The van der Waals surface area contributed by atoms with Gasteiger partial charge in [0.15, 0.2) is 0 Å². The topological polar surface area (TPSA) is 38.4 Å². The first kappa shape index (κ1) is 17.6. The summed E-state index contributed by atoms with van der Waals surface area (Å²) in [5.41, 5.74) is 1.15. The predicted molar refractivity (Wildman–Crippen MR) is 128 cm³/mol. The normalized spacial score (nSPS) is 12.2. The molecule has 31 heavy (non-hydrogen) atoms. The van der Waals surface area contributed by atoms with Gasteiger partial charge in [0.1, 0.15) is 5.69 Å². The third-order valence-electron chi connectivity index (χ3n) is 5.88. The lowest BCUT2D eigenvalue weighted by molar-refractivity contribution is -0.435. The summed E-state index contributed by atoms with van der Waals surface area (Å²) >= 11 is 0. The van der Waals surface area contributed by atoms with E-state index in [4.69, 9.17) is 0 Å². The maximum atomic E-state index is 12.8. The van der Waals surface area contributed by atoms with E-state index in [0.717, 1.165) is 21.5 Å². The zero-order chi connectivity index (χ0) is 20.8. The van der Waals surface area contributed by atoms with Gasteiger partial charge in [0, 0.05) is 17.2 Å². The molecule has 6 aromatic carbocycles. The maximum absolute atomic E-state index is 12.8. The van der Waals surface area contributed by atoms with E-state index in [1.54, 1.807) is 0 Å². The lowest BCUT2D eigenvalue weighted by Gasteiger charge is -2.06. The van der Waals surface area contributed by atoms with E-state index in [1.165, 1.54) is 21.5 Å². The summed E-state index contributed by atoms with van der Waals surface area (Å²) in [5.74, 6) is 0. The lowest BCUT2D eigenvalue weighted by Crippen LogP contribution is -1.91. The van der Waals surface area contributed by atoms with Crippen molar-refractivity contribution >= 4 is 54.5 Å². The van der Waals surface area contributed by atoms with Gasteiger partial charge in [0.05, 0.1) is 0 Å². The van der Waals surface area contributed by atoms with Gasteiger partial charge in [-0.05, 0) is 61.3 Å². The smallest absolute Gasteiger partial charge is 0.245 e. The molecule has 0 saturated carbocycles. The van der Waals surface area contributed by atoms with Gasteiger partial charge >= 0.3 is 0 Å². The summed E-state index contributed by atoms with van der Waals surface area (Å²) in [6.07, 6.45) is 0. The summed E-state index contributed by atoms with van der Waals surface area (Å²) in [6.45, 7) is 0. The van der Waals surface area contributed by atoms with Crippen molar-refractivity contribution in [1.29, 1.82) is 0 Å². The summed E-state index contributed by atoms with van der Waals surface area (Å²) in [4.78, 5) is 0.705. The molecule has 0 bridgehead atoms. The van der Waals surface area contributed by atoms with Crippen LogP contribution in [-0.2, 0) is 0 Å². The van der Waals surface area contributed by atoms with Crippen LogP contribution in [0.1, 0.15) is 0 Å². The molecule has 0 spiro atoms. The van der Waals surface area contributed by atoms with E-state index < -0.39 is 0 Å². The number of hydrogen-bond acceptors (Lipinski definition) is 2. The number of nitrogens with zero attached hydrogens (tertiary/aromatic N) is 2. The van der Waals surface area contributed by atoms with Crippen LogP contribution in [0.25, 0.3) is 43.1 Å². The Morgan fingerprint density at radius 1 is 0.484 bits per heavy atom. The molecule has 0 fully saturated rings. The van der Waals surface area contributed by atoms with Crippen molar-refractivity contribution in [1.82, 2.24) is 0 Å². The molecule has 0 N–H and O–H groups in total. The van der Waals surface area contributed by atoms with Gasteiger partial charge in [-0.15, -0.1) is 0 Å². The number of rotatable bonds is 2. The Hall–Kier alpha value is -4.24. The van der Waals surface area contributed by atoms with Crippen LogP contribution >= 0.6 is 0 Å². The number of benzene rings is 6. The van der Waals surface area contributed by atoms with Crippen LogP contribution in [-0.4, -0.2) is 4.86 Å². The largest absolute Gasteiger partial charge is 0.594 e. The zero-order valence-corrected chi connectivity index (χ0v) is 16.7. The Bertz CT molecular complexity index is 1650. The van der Waals surface area contributed by atoms with E-state index in [9.17, 15) is 5.21 Å². The monoisotopic (exact) mass is 398 g/mol. The van der Waals surface area contributed by atoms with Crippen LogP contribution in [0.5, 0.6) is 0 Å². The van der Waals surface area contributed by atoms with E-state index in [-0.39, 0.29) is 0 Å². The van der Waals surface area contributed by atoms with E-state index in [2.05, 4.69) is 53.6 Å². The molecule has 0 amide bonds. The van der Waals surface area contributed by atoms with Crippen LogP contribution < -0.4 is 0 Å². The molecule has 3 heteroatoms. The third kappa shape index (κ3) is 2.99. The molecule has 0 heterocycles. The molecule has 146 valence electrons. The first-order valence-electron chi connectivity index (χ1n) is 10.3. The SMILES string of the molecule is [O-][N+](=Nc1ccc2c(ccc3ccccc32)c1)c1ccc2c(ccc3ccccc32)c1. The molecular formula is C28H18N2O. The average molecular weight is 398 g/mol. The third-order valence-corrected chi connectivity index (χ3v) is 5.88. The van der Waals surface area contributed by atoms with E-state index in [0.29, 0.717) is 16.2 Å². The standard InChI is InChI=1S/C28H18N2O/c31-30(24-14-16-28-22(18-24)12-10-20-6-2-4-8-26(20)28)29-23-13-15-27-21(17-23)11-9-19-5-1-3-7-25(19)27/h1-18H. The molecule has 6 aromatic rings. The fourth-order valence-corrected chi connectivity index (χ4v) is 4.34. The van der Waals surface area contributed by atoms with Crippen molar-refractivity contribution in [2.24, 2.45) is 5.11 Å². The lowest BCUT2D eigenvalue weighted by atomic mass is 10.0. The van der Waals surface area contributed by atoms with E-state index in [1.807, 2.05) is 60.7 Å². The molecule has 0 atom stereocenters. The average Bonchev–Trinajstić information content (AvgIpc) is 2.83. The van der Waals surface area contributed by atoms with Gasteiger partial charge in [-0.2, -0.15) is 0 Å². The second-order valence-electron chi connectivity index (χ2n) is 7.76. The van der Waals surface area contributed by atoms with Crippen molar-refractivity contribution in [3.05, 3.63) is 114 Å². The van der Waals surface area contributed by atoms with Crippen molar-refractivity contribution in [2.45, 2.75) is 0 Å². The Labute approximate surface area is 179 Å². The first-order valence-corrected chi connectivity index (χ1v) is 10.3. The second-order valence-corrected chi connectivity index (χ2v) is 7.76. The first-order chi connectivity index (χ1) is 15.3. The molecule has 0 radical (unpaired) electrons. The zero-order valence-electron chi connectivity index (χ0n) is 16.7. The summed E-state index contributed by atoms with van der Waals surface area (Å²) in [7, 11) is 0. The van der Waals surface area contributed by atoms with Gasteiger partial charge in [-0.25, -0.2) is 0 Å². The highest BCUT2D eigenvalue weighted by Gasteiger charge is 2.09. The Morgan fingerprint density at radius 3 is 1.68 bits per heavy atom. The Morgan fingerprint density at radius 2 is 1.00 bits per heavy atom. The fraction of sp³-hybridized carbons (Fsp3) is 0. The van der Waals surface area contributed by atoms with Crippen LogP contribution in [0, 0.1) is 5.21 Å². The summed E-state index contributed by atoms with van der Waals surface area (Å²) < 4.78 is 0. The van der Waals surface area contributed by atoms with Crippen molar-refractivity contribution in [3.63, 3.8) is 0 Å². The van der Waals surface area contributed by atoms with Gasteiger partial charge in [-0.3, -0.25) is 0 Å². The minimum absolute atomic E-state index is 0.515. The highest BCUT2D eigenvalue weighted by molar-refractivity contribution is 6.08. The Balaban J connectivity index is 1.42. The van der Waals surface area contributed by atoms with Gasteiger partial charge in [0.2, 0.25) is 5.69 Å². The molecule has 0 unspecified atom stereocenters. The molecule has 0 aliphatic carbocycles. The van der Waals surface area contributed by atoms with Crippen molar-refractivity contribution in [3.8, 4) is 0 Å². The molecule has 0 aliphatic heterocycles. The van der Waals surface area contributed by atoms with E-state index >= 15 is 0 Å². The van der Waals surface area contributed by atoms with Crippen molar-refractivity contribution in [2.75, 3.05) is 0 Å². The molecule has 6 rings (SSSR count). The molecule has 0 aliphatic rings. The Kier molecular flexibility index (Phi) is 3.93. The number of fused-ring (bicyclic) bond motifs is 6. The minimum atomic E-state index is 0.515. The highest BCUT2D eigenvalue weighted by Crippen LogP contribution is 2.31. The number of hydrogen-bond donors (Lipinski definition) is 0. The van der Waals surface area contributed by atoms with Crippen LogP contribution in [0.2, 0.25) is 0 Å². The van der Waals surface area contributed by atoms with Crippen LogP contribution in [0.4, 0.5) is 11.4 Å². The second kappa shape index (κ2) is 6.92. The van der Waals surface area contributed by atoms with Crippen LogP contribution in [0.15, 0.2) is 114 Å². The van der Waals surface area contributed by atoms with Gasteiger partial charge < -0.3 is 5.21 Å². The molecule has 3 nitrogen and oxygen atoms in total. The highest BCUT2D eigenvalue weighted by atomic mass is 16.5. The molecule has 0 aromatic heterocycles. The number of azo groups is 1. The predicted octanol–water partition coefficient (Wildman–Crippen LogP) is 8.23.